The topological polar surface area (TPSA) is 57.6 Å². The molecule has 2 aromatic carbocycles. The second kappa shape index (κ2) is 5.63. The van der Waals surface area contributed by atoms with Crippen LogP contribution in [0.3, 0.4) is 0 Å². The minimum Gasteiger partial charge on any atom is -0.375 e. The van der Waals surface area contributed by atoms with E-state index in [0.717, 1.165) is 11.1 Å². The number of hydrogen-bond donors (Lipinski definition) is 1. The van der Waals surface area contributed by atoms with Gasteiger partial charge in [0.05, 0.1) is 12.2 Å². The molecule has 1 aliphatic rings. The fourth-order valence-electron chi connectivity index (χ4n) is 3.12. The Kier molecular flexibility index (Phi) is 3.78. The summed E-state index contributed by atoms with van der Waals surface area (Å²) in [5.74, 6) is -0.646. The van der Waals surface area contributed by atoms with Gasteiger partial charge in [0.2, 0.25) is 0 Å². The molecule has 0 spiro atoms. The third-order valence-corrected chi connectivity index (χ3v) is 4.18. The Morgan fingerprint density at radius 3 is 2.52 bits per heavy atom. The van der Waals surface area contributed by atoms with Gasteiger partial charge < -0.3 is 10.0 Å². The SMILES string of the molecule is CC(=O)CC1(O)C(=O)N(Cc2ccccc2)c2ccc(C)cc21. The predicted octanol–water partition coefficient (Wildman–Crippen LogP) is 2.71. The molecular weight excluding hydrogens is 290 g/mol. The summed E-state index contributed by atoms with van der Waals surface area (Å²) in [5.41, 5.74) is 1.35. The van der Waals surface area contributed by atoms with Crippen molar-refractivity contribution in [2.75, 3.05) is 4.90 Å². The molecule has 118 valence electrons. The van der Waals surface area contributed by atoms with E-state index in [4.69, 9.17) is 0 Å². The van der Waals surface area contributed by atoms with Gasteiger partial charge in [0.15, 0.2) is 5.60 Å². The second-order valence-corrected chi connectivity index (χ2v) is 6.14. The molecule has 1 N–H and O–H groups in total. The highest BCUT2D eigenvalue weighted by Gasteiger charge is 2.50. The largest absolute Gasteiger partial charge is 0.375 e. The Morgan fingerprint density at radius 1 is 1.17 bits per heavy atom. The Morgan fingerprint density at radius 2 is 1.87 bits per heavy atom. The third-order valence-electron chi connectivity index (χ3n) is 4.18. The van der Waals surface area contributed by atoms with Crippen molar-refractivity contribution in [3.05, 3.63) is 65.2 Å². The number of aryl methyl sites for hydroxylation is 1. The molecule has 23 heavy (non-hydrogen) atoms. The highest BCUT2D eigenvalue weighted by atomic mass is 16.3. The van der Waals surface area contributed by atoms with E-state index in [0.29, 0.717) is 17.8 Å². The molecule has 1 heterocycles. The lowest BCUT2D eigenvalue weighted by molar-refractivity contribution is -0.141. The van der Waals surface area contributed by atoms with Crippen LogP contribution in [0.2, 0.25) is 0 Å². The molecule has 1 unspecified atom stereocenters. The number of nitrogens with zero attached hydrogens (tertiary/aromatic N) is 1. The molecule has 0 aliphatic carbocycles. The van der Waals surface area contributed by atoms with Crippen LogP contribution in [-0.2, 0) is 21.7 Å². The van der Waals surface area contributed by atoms with Crippen LogP contribution in [0.15, 0.2) is 48.5 Å². The van der Waals surface area contributed by atoms with E-state index in [1.807, 2.05) is 49.4 Å². The van der Waals surface area contributed by atoms with Crippen LogP contribution in [0, 0.1) is 6.92 Å². The highest BCUT2D eigenvalue weighted by Crippen LogP contribution is 2.43. The summed E-state index contributed by atoms with van der Waals surface area (Å²) < 4.78 is 0. The number of carbonyl (C=O) groups is 2. The number of carbonyl (C=O) groups excluding carboxylic acids is 2. The summed E-state index contributed by atoms with van der Waals surface area (Å²) in [6.45, 7) is 3.66. The van der Waals surface area contributed by atoms with Gasteiger partial charge in [-0.1, -0.05) is 48.0 Å². The van der Waals surface area contributed by atoms with Gasteiger partial charge in [-0.3, -0.25) is 9.59 Å². The highest BCUT2D eigenvalue weighted by molar-refractivity contribution is 6.08. The first-order chi connectivity index (χ1) is 10.9. The second-order valence-electron chi connectivity index (χ2n) is 6.14. The van der Waals surface area contributed by atoms with Crippen LogP contribution >= 0.6 is 0 Å². The lowest BCUT2D eigenvalue weighted by Gasteiger charge is -2.22. The molecule has 0 fully saturated rings. The van der Waals surface area contributed by atoms with Crippen molar-refractivity contribution in [1.82, 2.24) is 0 Å². The number of rotatable bonds is 4. The van der Waals surface area contributed by atoms with Gasteiger partial charge in [-0.05, 0) is 25.5 Å². The molecule has 0 radical (unpaired) electrons. The van der Waals surface area contributed by atoms with E-state index >= 15 is 0 Å². The zero-order chi connectivity index (χ0) is 16.6. The van der Waals surface area contributed by atoms with Crippen LogP contribution in [0.4, 0.5) is 5.69 Å². The molecule has 1 atom stereocenters. The lowest BCUT2D eigenvalue weighted by Crippen LogP contribution is -2.41. The van der Waals surface area contributed by atoms with Crippen molar-refractivity contribution in [2.24, 2.45) is 0 Å². The Hall–Kier alpha value is -2.46. The molecule has 1 amide bonds. The smallest absolute Gasteiger partial charge is 0.264 e. The number of anilines is 1. The number of aliphatic hydroxyl groups is 1. The van der Waals surface area contributed by atoms with Crippen molar-refractivity contribution in [3.8, 4) is 0 Å². The number of fused-ring (bicyclic) bond motifs is 1. The summed E-state index contributed by atoms with van der Waals surface area (Å²) in [6.07, 6.45) is -0.201. The average molecular weight is 309 g/mol. The van der Waals surface area contributed by atoms with E-state index in [-0.39, 0.29) is 12.2 Å². The van der Waals surface area contributed by atoms with E-state index < -0.39 is 11.5 Å². The zero-order valence-corrected chi connectivity index (χ0v) is 13.2. The van der Waals surface area contributed by atoms with Crippen molar-refractivity contribution in [2.45, 2.75) is 32.4 Å². The van der Waals surface area contributed by atoms with E-state index in [2.05, 4.69) is 0 Å². The number of ketones is 1. The zero-order valence-electron chi connectivity index (χ0n) is 13.2. The molecule has 4 nitrogen and oxygen atoms in total. The van der Waals surface area contributed by atoms with E-state index in [9.17, 15) is 14.7 Å². The van der Waals surface area contributed by atoms with Crippen LogP contribution in [0.5, 0.6) is 0 Å². The van der Waals surface area contributed by atoms with Crippen LogP contribution in [0.25, 0.3) is 0 Å². The fraction of sp³-hybridized carbons (Fsp3) is 0.263. The van der Waals surface area contributed by atoms with E-state index in [1.54, 1.807) is 11.0 Å². The Bertz CT molecular complexity index is 769. The maximum absolute atomic E-state index is 12.9. The molecule has 0 aromatic heterocycles. The number of amides is 1. The van der Waals surface area contributed by atoms with Gasteiger partial charge in [0.1, 0.15) is 5.78 Å². The molecule has 3 rings (SSSR count). The quantitative estimate of drug-likeness (QED) is 0.944. The summed E-state index contributed by atoms with van der Waals surface area (Å²) in [4.78, 5) is 26.0. The molecular formula is C19H19NO3. The Balaban J connectivity index is 2.06. The Labute approximate surface area is 135 Å². The van der Waals surface area contributed by atoms with Gasteiger partial charge in [-0.15, -0.1) is 0 Å². The van der Waals surface area contributed by atoms with Gasteiger partial charge in [-0.2, -0.15) is 0 Å². The fourth-order valence-corrected chi connectivity index (χ4v) is 3.12. The minimum atomic E-state index is -1.76. The molecule has 0 bridgehead atoms. The van der Waals surface area contributed by atoms with Crippen LogP contribution < -0.4 is 4.90 Å². The molecule has 2 aromatic rings. The third kappa shape index (κ3) is 2.66. The normalized spacial score (nSPS) is 19.8. The first-order valence-corrected chi connectivity index (χ1v) is 7.60. The van der Waals surface area contributed by atoms with Crippen molar-refractivity contribution in [1.29, 1.82) is 0 Å². The summed E-state index contributed by atoms with van der Waals surface area (Å²) in [6, 6.07) is 15.1. The molecule has 0 saturated heterocycles. The number of benzene rings is 2. The molecule has 0 saturated carbocycles. The van der Waals surface area contributed by atoms with E-state index in [1.165, 1.54) is 6.92 Å². The van der Waals surface area contributed by atoms with Gasteiger partial charge in [0.25, 0.3) is 5.91 Å². The van der Waals surface area contributed by atoms with Crippen LogP contribution in [0.1, 0.15) is 30.0 Å². The van der Waals surface area contributed by atoms with Gasteiger partial charge in [0, 0.05) is 12.0 Å². The maximum atomic E-state index is 12.9. The summed E-state index contributed by atoms with van der Waals surface area (Å²) in [5, 5.41) is 10.9. The van der Waals surface area contributed by atoms with Crippen molar-refractivity contribution < 1.29 is 14.7 Å². The van der Waals surface area contributed by atoms with Crippen LogP contribution in [-0.4, -0.2) is 16.8 Å². The molecule has 4 heteroatoms. The number of hydrogen-bond acceptors (Lipinski definition) is 3. The predicted molar refractivity (Wildman–Crippen MR) is 88.0 cm³/mol. The molecule has 1 aliphatic heterocycles. The minimum absolute atomic E-state index is 0.201. The monoisotopic (exact) mass is 309 g/mol. The number of Topliss-reactive ketones (excluding diaryl/α,β-unsaturated/α-hetero) is 1. The van der Waals surface area contributed by atoms with Crippen molar-refractivity contribution >= 4 is 17.4 Å². The summed E-state index contributed by atoms with van der Waals surface area (Å²) >= 11 is 0. The van der Waals surface area contributed by atoms with Crippen molar-refractivity contribution in [3.63, 3.8) is 0 Å². The first-order valence-electron chi connectivity index (χ1n) is 7.60. The van der Waals surface area contributed by atoms with Gasteiger partial charge >= 0.3 is 0 Å². The standard InChI is InChI=1S/C19H19NO3/c1-13-8-9-17-16(10-13)19(23,11-14(2)21)18(22)20(17)12-15-6-4-3-5-7-15/h3-10,23H,11-12H2,1-2H3. The lowest BCUT2D eigenvalue weighted by atomic mass is 9.89. The maximum Gasteiger partial charge on any atom is 0.264 e. The average Bonchev–Trinajstić information content (AvgIpc) is 2.70. The summed E-state index contributed by atoms with van der Waals surface area (Å²) in [7, 11) is 0. The first kappa shape index (κ1) is 15.4. The van der Waals surface area contributed by atoms with Gasteiger partial charge in [-0.25, -0.2) is 0 Å².